The third-order valence-corrected chi connectivity index (χ3v) is 11.9. The number of hydrogen-bond acceptors (Lipinski definition) is 2. The Balaban J connectivity index is 1.05. The average molecular weight is 792 g/mol. The second-order valence-corrected chi connectivity index (χ2v) is 15.7. The number of nitrogens with zero attached hydrogens (tertiary/aromatic N) is 1. The van der Waals surface area contributed by atoms with Crippen LogP contribution in [0.1, 0.15) is 0 Å². The second-order valence-electron chi connectivity index (χ2n) is 15.7. The van der Waals surface area contributed by atoms with E-state index in [1.807, 2.05) is 0 Å². The van der Waals surface area contributed by atoms with E-state index < -0.39 is 0 Å². The van der Waals surface area contributed by atoms with Crippen molar-refractivity contribution in [3.63, 3.8) is 0 Å². The fourth-order valence-electron chi connectivity index (χ4n) is 8.82. The van der Waals surface area contributed by atoms with Gasteiger partial charge in [-0.15, -0.1) is 0 Å². The van der Waals surface area contributed by atoms with Crippen molar-refractivity contribution in [2.24, 2.45) is 0 Å². The summed E-state index contributed by atoms with van der Waals surface area (Å²) in [5.74, 6) is 0. The Hall–Kier alpha value is -8.20. The summed E-state index contributed by atoms with van der Waals surface area (Å²) in [4.78, 5) is 2.37. The maximum atomic E-state index is 6.65. The first-order valence-corrected chi connectivity index (χ1v) is 21.2. The van der Waals surface area contributed by atoms with Crippen LogP contribution in [-0.4, -0.2) is 0 Å². The molecule has 0 fully saturated rings. The molecule has 0 unspecified atom stereocenters. The van der Waals surface area contributed by atoms with Gasteiger partial charge in [0.25, 0.3) is 0 Å². The summed E-state index contributed by atoms with van der Waals surface area (Å²) in [7, 11) is 0. The van der Waals surface area contributed by atoms with Gasteiger partial charge in [0.15, 0.2) is 0 Å². The molecule has 62 heavy (non-hydrogen) atoms. The number of rotatable bonds is 9. The summed E-state index contributed by atoms with van der Waals surface area (Å²) < 4.78 is 6.65. The second kappa shape index (κ2) is 16.1. The molecule has 0 aliphatic heterocycles. The topological polar surface area (TPSA) is 16.4 Å². The van der Waals surface area contributed by atoms with E-state index in [1.54, 1.807) is 0 Å². The molecule has 11 aromatic rings. The highest BCUT2D eigenvalue weighted by Crippen LogP contribution is 2.45. The van der Waals surface area contributed by atoms with Gasteiger partial charge in [-0.05, 0) is 133 Å². The van der Waals surface area contributed by atoms with Crippen LogP contribution in [0.5, 0.6) is 0 Å². The van der Waals surface area contributed by atoms with Crippen LogP contribution in [-0.2, 0) is 0 Å². The van der Waals surface area contributed by atoms with E-state index in [4.69, 9.17) is 4.42 Å². The molecule has 0 aliphatic rings. The minimum atomic E-state index is 0.851. The van der Waals surface area contributed by atoms with Crippen molar-refractivity contribution in [2.75, 3.05) is 4.90 Å². The molecule has 11 rings (SSSR count). The lowest BCUT2D eigenvalue weighted by atomic mass is 9.93. The van der Waals surface area contributed by atoms with Gasteiger partial charge in [-0.1, -0.05) is 182 Å². The smallest absolute Gasteiger partial charge is 0.137 e. The van der Waals surface area contributed by atoms with Gasteiger partial charge in [0.2, 0.25) is 0 Å². The molecular weight excluding hydrogens is 751 g/mol. The van der Waals surface area contributed by atoms with Gasteiger partial charge in [0.05, 0.1) is 11.1 Å². The van der Waals surface area contributed by atoms with E-state index in [2.05, 4.69) is 254 Å². The van der Waals surface area contributed by atoms with Crippen LogP contribution in [0.25, 0.3) is 88.7 Å². The van der Waals surface area contributed by atoms with Crippen LogP contribution < -0.4 is 4.90 Å². The number of fused-ring (bicyclic) bond motifs is 3. The van der Waals surface area contributed by atoms with E-state index in [-0.39, 0.29) is 0 Å². The first-order chi connectivity index (χ1) is 30.7. The fraction of sp³-hybridized carbons (Fsp3) is 0. The fourth-order valence-corrected chi connectivity index (χ4v) is 8.82. The van der Waals surface area contributed by atoms with Crippen molar-refractivity contribution in [3.8, 4) is 66.8 Å². The summed E-state index contributed by atoms with van der Waals surface area (Å²) in [6, 6.07) is 89.0. The van der Waals surface area contributed by atoms with E-state index in [0.717, 1.165) is 61.3 Å². The third kappa shape index (κ3) is 7.04. The number of anilines is 3. The lowest BCUT2D eigenvalue weighted by Crippen LogP contribution is -2.10. The van der Waals surface area contributed by atoms with Gasteiger partial charge < -0.3 is 9.32 Å². The molecule has 0 aliphatic carbocycles. The maximum Gasteiger partial charge on any atom is 0.137 e. The molecular formula is C60H41NO. The Kier molecular flexibility index (Phi) is 9.57. The molecule has 0 saturated heterocycles. The van der Waals surface area contributed by atoms with E-state index in [0.29, 0.717) is 0 Å². The summed E-state index contributed by atoms with van der Waals surface area (Å²) >= 11 is 0. The quantitative estimate of drug-likeness (QED) is 0.145. The number of hydrogen-bond donors (Lipinski definition) is 0. The minimum Gasteiger partial charge on any atom is -0.456 e. The predicted molar refractivity (Wildman–Crippen MR) is 261 cm³/mol. The molecule has 0 spiro atoms. The SMILES string of the molecule is c1ccc(-c2cc(-c3ccccc3)cc(-c3ccc(N(c4ccc(-c5ccccc5-c5ccccc5)cc4)c4cccc5oc6cc(-c7ccccc7)ccc6c45)cc3)c2)cc1. The Morgan fingerprint density at radius 3 is 1.18 bits per heavy atom. The third-order valence-electron chi connectivity index (χ3n) is 11.9. The summed E-state index contributed by atoms with van der Waals surface area (Å²) in [5.41, 5.74) is 19.0. The molecule has 2 heteroatoms. The van der Waals surface area contributed by atoms with Gasteiger partial charge in [0.1, 0.15) is 11.2 Å². The van der Waals surface area contributed by atoms with E-state index in [1.165, 1.54) is 44.5 Å². The summed E-state index contributed by atoms with van der Waals surface area (Å²) in [6.45, 7) is 0. The minimum absolute atomic E-state index is 0.851. The highest BCUT2D eigenvalue weighted by Gasteiger charge is 2.21. The van der Waals surface area contributed by atoms with Crippen LogP contribution in [0.15, 0.2) is 253 Å². The van der Waals surface area contributed by atoms with Crippen molar-refractivity contribution in [2.45, 2.75) is 0 Å². The Bertz CT molecular complexity index is 3240. The average Bonchev–Trinajstić information content (AvgIpc) is 3.74. The van der Waals surface area contributed by atoms with E-state index >= 15 is 0 Å². The monoisotopic (exact) mass is 791 g/mol. The predicted octanol–water partition coefficient (Wildman–Crippen LogP) is 17.1. The molecule has 0 atom stereocenters. The van der Waals surface area contributed by atoms with Crippen molar-refractivity contribution in [3.05, 3.63) is 249 Å². The van der Waals surface area contributed by atoms with Crippen molar-refractivity contribution in [1.29, 1.82) is 0 Å². The molecule has 0 N–H and O–H groups in total. The summed E-state index contributed by atoms with van der Waals surface area (Å²) in [6.07, 6.45) is 0. The molecule has 0 radical (unpaired) electrons. The van der Waals surface area contributed by atoms with Crippen LogP contribution >= 0.6 is 0 Å². The maximum absolute atomic E-state index is 6.65. The zero-order valence-corrected chi connectivity index (χ0v) is 34.0. The molecule has 0 bridgehead atoms. The molecule has 0 saturated carbocycles. The Morgan fingerprint density at radius 1 is 0.258 bits per heavy atom. The van der Waals surface area contributed by atoms with Gasteiger partial charge in [-0.3, -0.25) is 0 Å². The Morgan fingerprint density at radius 2 is 0.661 bits per heavy atom. The van der Waals surface area contributed by atoms with Gasteiger partial charge in [0, 0.05) is 16.8 Å². The number of benzene rings is 10. The van der Waals surface area contributed by atoms with Crippen LogP contribution in [0.2, 0.25) is 0 Å². The molecule has 2 nitrogen and oxygen atoms in total. The molecule has 0 amide bonds. The van der Waals surface area contributed by atoms with Gasteiger partial charge in [-0.25, -0.2) is 0 Å². The van der Waals surface area contributed by atoms with Gasteiger partial charge >= 0.3 is 0 Å². The van der Waals surface area contributed by atoms with Crippen LogP contribution in [0.4, 0.5) is 17.1 Å². The van der Waals surface area contributed by atoms with Crippen LogP contribution in [0, 0.1) is 0 Å². The highest BCUT2D eigenvalue weighted by molar-refractivity contribution is 6.14. The first kappa shape index (κ1) is 36.8. The normalized spacial score (nSPS) is 11.2. The first-order valence-electron chi connectivity index (χ1n) is 21.2. The largest absolute Gasteiger partial charge is 0.456 e. The summed E-state index contributed by atoms with van der Waals surface area (Å²) in [5, 5.41) is 2.16. The van der Waals surface area contributed by atoms with Gasteiger partial charge in [-0.2, -0.15) is 0 Å². The van der Waals surface area contributed by atoms with Crippen molar-refractivity contribution >= 4 is 39.0 Å². The van der Waals surface area contributed by atoms with Crippen LogP contribution in [0.3, 0.4) is 0 Å². The Labute approximate surface area is 362 Å². The van der Waals surface area contributed by atoms with E-state index in [9.17, 15) is 0 Å². The zero-order valence-electron chi connectivity index (χ0n) is 34.0. The zero-order chi connectivity index (χ0) is 41.2. The molecule has 1 heterocycles. The number of furan rings is 1. The van der Waals surface area contributed by atoms with Crippen molar-refractivity contribution in [1.82, 2.24) is 0 Å². The highest BCUT2D eigenvalue weighted by atomic mass is 16.3. The molecule has 292 valence electrons. The lowest BCUT2D eigenvalue weighted by Gasteiger charge is -2.27. The standard InChI is InChI=1S/C60H41NO/c1-5-16-42(17-6-1)48-32-37-56-59(41-48)62-58-27-15-26-57(60(56)58)61(53-35-30-47(31-36-53)55-25-14-13-24-54(55)46-22-11-4-12-23-46)52-33-28-45(29-34-52)51-39-49(43-18-7-2-8-19-43)38-50(40-51)44-20-9-3-10-21-44/h1-41H. The molecule has 1 aromatic heterocycles. The van der Waals surface area contributed by atoms with Crippen molar-refractivity contribution < 1.29 is 4.42 Å². The lowest BCUT2D eigenvalue weighted by molar-refractivity contribution is 0.669. The molecule has 10 aromatic carbocycles.